The van der Waals surface area contributed by atoms with Gasteiger partial charge in [0.25, 0.3) is 0 Å². The molecule has 0 unspecified atom stereocenters. The van der Waals surface area contributed by atoms with Crippen molar-refractivity contribution in [2.75, 3.05) is 0 Å². The molecule has 1 aliphatic rings. The molecule has 0 N–H and O–H groups in total. The van der Waals surface area contributed by atoms with Crippen LogP contribution in [0.15, 0.2) is 36.4 Å². The summed E-state index contributed by atoms with van der Waals surface area (Å²) in [6.45, 7) is 0. The van der Waals surface area contributed by atoms with E-state index in [1.54, 1.807) is 0 Å². The first-order valence-corrected chi connectivity index (χ1v) is 5.84. The van der Waals surface area contributed by atoms with Crippen LogP contribution in [-0.4, -0.2) is 8.75 Å². The monoisotopic (exact) mass is 245 g/mol. The number of nitrogens with zero attached hydrogens (tertiary/aromatic N) is 2. The van der Waals surface area contributed by atoms with Crippen LogP contribution in [0.5, 0.6) is 0 Å². The highest BCUT2D eigenvalue weighted by Gasteiger charge is 2.14. The predicted octanol–water partition coefficient (Wildman–Crippen LogP) is 3.66. The lowest BCUT2D eigenvalue weighted by Gasteiger charge is -2.00. The quantitative estimate of drug-likeness (QED) is 0.717. The van der Waals surface area contributed by atoms with Crippen LogP contribution in [0.4, 0.5) is 0 Å². The Kier molecular flexibility index (Phi) is 2.29. The van der Waals surface area contributed by atoms with E-state index in [0.717, 1.165) is 22.2 Å². The van der Waals surface area contributed by atoms with E-state index in [2.05, 4.69) is 14.8 Å². The summed E-state index contributed by atoms with van der Waals surface area (Å²) < 4.78 is 8.49. The number of hydrogen-bond donors (Lipinski definition) is 0. The van der Waals surface area contributed by atoms with Crippen LogP contribution >= 0.6 is 23.3 Å². The maximum Gasteiger partial charge on any atom is 0.124 e. The zero-order chi connectivity index (χ0) is 11.0. The van der Waals surface area contributed by atoms with Crippen LogP contribution in [0.1, 0.15) is 5.56 Å². The Bertz CT molecular complexity index is 638. The fourth-order valence-electron chi connectivity index (χ4n) is 1.64. The predicted molar refractivity (Wildman–Crippen MR) is 67.4 cm³/mol. The lowest BCUT2D eigenvalue weighted by molar-refractivity contribution is 1.58. The largest absolute Gasteiger partial charge is 0.172 e. The van der Waals surface area contributed by atoms with Gasteiger partial charge in [-0.2, -0.15) is 8.75 Å². The minimum atomic E-state index is 0.648. The fraction of sp³-hybridized carbons (Fsp3) is 0. The van der Waals surface area contributed by atoms with Gasteiger partial charge in [0.15, 0.2) is 0 Å². The molecule has 1 heterocycles. The van der Waals surface area contributed by atoms with Crippen LogP contribution in [0.25, 0.3) is 16.6 Å². The summed E-state index contributed by atoms with van der Waals surface area (Å²) in [5.41, 5.74) is 3.80. The average molecular weight is 246 g/mol. The number of rotatable bonds is 1. The van der Waals surface area contributed by atoms with Gasteiger partial charge in [0.05, 0.1) is 34.5 Å². The van der Waals surface area contributed by atoms with Crippen molar-refractivity contribution in [2.45, 2.75) is 0 Å². The number of fused-ring (bicyclic) bond motifs is 1. The van der Waals surface area contributed by atoms with Gasteiger partial charge in [-0.1, -0.05) is 11.6 Å². The first-order valence-electron chi connectivity index (χ1n) is 4.73. The molecule has 3 rings (SSSR count). The minimum absolute atomic E-state index is 0.648. The molecule has 76 valence electrons. The molecule has 0 saturated carbocycles. The van der Waals surface area contributed by atoms with Gasteiger partial charge < -0.3 is 0 Å². The smallest absolute Gasteiger partial charge is 0.124 e. The fourth-order valence-corrected chi connectivity index (χ4v) is 2.45. The molecule has 0 spiro atoms. The Labute approximate surface area is 102 Å². The van der Waals surface area contributed by atoms with Crippen molar-refractivity contribution in [3.8, 4) is 0 Å². The molecule has 2 nitrogen and oxygen atoms in total. The number of aromatic nitrogens is 2. The standard InChI is InChI=1S/C12H6ClN2S/c13-10-7-6-9(8-4-2-1-3-5-8)11-12(10)15-16-14-11/h2-7H/q+1. The van der Waals surface area contributed by atoms with Gasteiger partial charge in [-0.3, -0.25) is 0 Å². The van der Waals surface area contributed by atoms with E-state index in [4.69, 9.17) is 11.6 Å². The summed E-state index contributed by atoms with van der Waals surface area (Å²) in [4.78, 5) is 0. The van der Waals surface area contributed by atoms with Crippen LogP contribution in [0.2, 0.25) is 5.02 Å². The normalized spacial score (nSPS) is 13.9. The van der Waals surface area contributed by atoms with Gasteiger partial charge >= 0.3 is 0 Å². The van der Waals surface area contributed by atoms with Crippen molar-refractivity contribution in [3.05, 3.63) is 53.1 Å². The molecule has 0 radical (unpaired) electrons. The lowest BCUT2D eigenvalue weighted by Crippen LogP contribution is -1.86. The summed E-state index contributed by atoms with van der Waals surface area (Å²) in [5, 5.41) is 0.648. The van der Waals surface area contributed by atoms with E-state index in [-0.39, 0.29) is 0 Å². The van der Waals surface area contributed by atoms with Crippen molar-refractivity contribution in [2.24, 2.45) is 0 Å². The lowest BCUT2D eigenvalue weighted by atomic mass is 10.0. The van der Waals surface area contributed by atoms with Crippen molar-refractivity contribution in [1.82, 2.24) is 8.75 Å². The zero-order valence-corrected chi connectivity index (χ0v) is 9.72. The van der Waals surface area contributed by atoms with Crippen LogP contribution < -0.4 is 0 Å². The third-order valence-electron chi connectivity index (χ3n) is 2.40. The summed E-state index contributed by atoms with van der Waals surface area (Å²) in [7, 11) is 0. The molecule has 0 fully saturated rings. The molecule has 1 aromatic heterocycles. The van der Waals surface area contributed by atoms with Crippen molar-refractivity contribution in [3.63, 3.8) is 0 Å². The van der Waals surface area contributed by atoms with E-state index in [1.807, 2.05) is 36.4 Å². The maximum absolute atomic E-state index is 6.06. The Balaban J connectivity index is 2.28. The van der Waals surface area contributed by atoms with Crippen molar-refractivity contribution < 1.29 is 0 Å². The highest BCUT2D eigenvalue weighted by atomic mass is 35.5. The zero-order valence-electron chi connectivity index (χ0n) is 8.14. The Morgan fingerprint density at radius 1 is 1.19 bits per heavy atom. The van der Waals surface area contributed by atoms with Gasteiger partial charge in [-0.05, 0) is 12.1 Å². The Morgan fingerprint density at radius 3 is 2.88 bits per heavy atom. The second-order valence-corrected chi connectivity index (χ2v) is 4.28. The molecular weight excluding hydrogens is 240 g/mol. The molecule has 0 atom stereocenters. The van der Waals surface area contributed by atoms with Gasteiger partial charge in [0.2, 0.25) is 0 Å². The second kappa shape index (κ2) is 3.80. The van der Waals surface area contributed by atoms with E-state index < -0.39 is 0 Å². The molecule has 1 aromatic carbocycles. The summed E-state index contributed by atoms with van der Waals surface area (Å²) >= 11 is 7.24. The first-order chi connectivity index (χ1) is 7.86. The SMILES string of the molecule is Clc1ccc(C2=CC=[C+]C=C2)c2nsnc12. The number of hydrogen-bond acceptors (Lipinski definition) is 3. The Morgan fingerprint density at radius 2 is 2.06 bits per heavy atom. The second-order valence-electron chi connectivity index (χ2n) is 3.35. The van der Waals surface area contributed by atoms with Crippen molar-refractivity contribution >= 4 is 39.9 Å². The molecule has 0 amide bonds. The number of halogens is 1. The van der Waals surface area contributed by atoms with E-state index in [1.165, 1.54) is 11.7 Å². The highest BCUT2D eigenvalue weighted by molar-refractivity contribution is 7.00. The molecule has 0 aliphatic heterocycles. The Hall–Kier alpha value is -1.54. The molecule has 0 bridgehead atoms. The molecule has 4 heteroatoms. The number of benzene rings is 1. The van der Waals surface area contributed by atoms with Gasteiger partial charge in [0, 0.05) is 11.6 Å². The first kappa shape index (κ1) is 9.67. The molecule has 2 aromatic rings. The van der Waals surface area contributed by atoms with E-state index in [9.17, 15) is 0 Å². The third-order valence-corrected chi connectivity index (χ3v) is 3.23. The van der Waals surface area contributed by atoms with E-state index in [0.29, 0.717) is 5.02 Å². The molecule has 0 saturated heterocycles. The van der Waals surface area contributed by atoms with Gasteiger partial charge in [-0.25, -0.2) is 0 Å². The van der Waals surface area contributed by atoms with E-state index >= 15 is 0 Å². The van der Waals surface area contributed by atoms with Crippen LogP contribution in [0, 0.1) is 6.08 Å². The third kappa shape index (κ3) is 1.46. The van der Waals surface area contributed by atoms with Crippen LogP contribution in [-0.2, 0) is 0 Å². The summed E-state index contributed by atoms with van der Waals surface area (Å²) in [5.74, 6) is 0. The van der Waals surface area contributed by atoms with Crippen molar-refractivity contribution in [1.29, 1.82) is 0 Å². The molecular formula is C12H6ClN2S+. The summed E-state index contributed by atoms with van der Waals surface area (Å²) in [6, 6.07) is 3.83. The van der Waals surface area contributed by atoms with Gasteiger partial charge in [-0.15, -0.1) is 0 Å². The number of allylic oxidation sites excluding steroid dienone is 6. The topological polar surface area (TPSA) is 25.8 Å². The van der Waals surface area contributed by atoms with Gasteiger partial charge in [0.1, 0.15) is 23.2 Å². The molecule has 16 heavy (non-hydrogen) atoms. The minimum Gasteiger partial charge on any atom is -0.172 e. The molecule has 1 aliphatic carbocycles. The summed E-state index contributed by atoms with van der Waals surface area (Å²) in [6.07, 6.45) is 10.8. The highest BCUT2D eigenvalue weighted by Crippen LogP contribution is 2.30. The van der Waals surface area contributed by atoms with Crippen LogP contribution in [0.3, 0.4) is 0 Å². The maximum atomic E-state index is 6.06. The average Bonchev–Trinajstić information content (AvgIpc) is 2.81.